The molecule has 7 heteroatoms. The Labute approximate surface area is 140 Å². The molecule has 0 radical (unpaired) electrons. The van der Waals surface area contributed by atoms with Crippen molar-refractivity contribution in [3.63, 3.8) is 0 Å². The number of fused-ring (bicyclic) bond motifs is 1. The lowest BCUT2D eigenvalue weighted by Gasteiger charge is -2.35. The molecular weight excluding hydrogens is 310 g/mol. The number of benzene rings is 1. The first kappa shape index (κ1) is 17.7. The average molecular weight is 331 g/mol. The normalized spacial score (nSPS) is 14.8. The van der Waals surface area contributed by atoms with Gasteiger partial charge in [0.05, 0.1) is 0 Å². The SMILES string of the molecule is CCN1CCN(c2nccc3ccccc23)CC1.O=C(O)C(=O)O. The minimum Gasteiger partial charge on any atom is -0.473 e. The number of aliphatic carboxylic acids is 2. The number of carboxylic acids is 2. The van der Waals surface area contributed by atoms with Gasteiger partial charge in [0.25, 0.3) is 0 Å². The van der Waals surface area contributed by atoms with Gasteiger partial charge in [-0.3, -0.25) is 0 Å². The zero-order valence-corrected chi connectivity index (χ0v) is 13.6. The van der Waals surface area contributed by atoms with Gasteiger partial charge in [0.2, 0.25) is 0 Å². The van der Waals surface area contributed by atoms with E-state index < -0.39 is 11.9 Å². The highest BCUT2D eigenvalue weighted by Crippen LogP contribution is 2.24. The first-order valence-corrected chi connectivity index (χ1v) is 7.80. The molecule has 0 spiro atoms. The third-order valence-corrected chi connectivity index (χ3v) is 3.95. The van der Waals surface area contributed by atoms with Crippen molar-refractivity contribution in [1.82, 2.24) is 9.88 Å². The summed E-state index contributed by atoms with van der Waals surface area (Å²) in [6.45, 7) is 7.81. The maximum atomic E-state index is 9.10. The molecule has 0 unspecified atom stereocenters. The summed E-state index contributed by atoms with van der Waals surface area (Å²) in [5.74, 6) is -2.51. The van der Waals surface area contributed by atoms with Gasteiger partial charge in [0.1, 0.15) is 5.82 Å². The number of aromatic nitrogens is 1. The van der Waals surface area contributed by atoms with Gasteiger partial charge in [0, 0.05) is 37.8 Å². The molecule has 1 aromatic heterocycles. The number of carbonyl (C=O) groups is 2. The smallest absolute Gasteiger partial charge is 0.414 e. The minimum absolute atomic E-state index is 1.08. The van der Waals surface area contributed by atoms with Crippen LogP contribution in [0.15, 0.2) is 36.5 Å². The molecule has 7 nitrogen and oxygen atoms in total. The second kappa shape index (κ2) is 8.26. The Bertz CT molecular complexity index is 695. The molecule has 2 N–H and O–H groups in total. The highest BCUT2D eigenvalue weighted by Gasteiger charge is 2.18. The topological polar surface area (TPSA) is 94.0 Å². The van der Waals surface area contributed by atoms with Crippen LogP contribution >= 0.6 is 0 Å². The van der Waals surface area contributed by atoms with Crippen molar-refractivity contribution in [2.75, 3.05) is 37.6 Å². The molecule has 1 saturated heterocycles. The van der Waals surface area contributed by atoms with Gasteiger partial charge in [-0.15, -0.1) is 0 Å². The Morgan fingerprint density at radius 1 is 1.04 bits per heavy atom. The predicted molar refractivity (Wildman–Crippen MR) is 91.3 cm³/mol. The van der Waals surface area contributed by atoms with Crippen molar-refractivity contribution >= 4 is 28.5 Å². The van der Waals surface area contributed by atoms with Gasteiger partial charge in [0.15, 0.2) is 0 Å². The van der Waals surface area contributed by atoms with Crippen LogP contribution < -0.4 is 4.90 Å². The molecule has 0 atom stereocenters. The van der Waals surface area contributed by atoms with E-state index in [9.17, 15) is 0 Å². The van der Waals surface area contributed by atoms with Crippen LogP contribution in [0.2, 0.25) is 0 Å². The lowest BCUT2D eigenvalue weighted by molar-refractivity contribution is -0.159. The van der Waals surface area contributed by atoms with Crippen LogP contribution in [0.5, 0.6) is 0 Å². The molecule has 128 valence electrons. The molecular formula is C17H21N3O4. The van der Waals surface area contributed by atoms with E-state index in [0.29, 0.717) is 0 Å². The second-order valence-corrected chi connectivity index (χ2v) is 5.39. The number of nitrogens with zero attached hydrogens (tertiary/aromatic N) is 3. The van der Waals surface area contributed by atoms with E-state index in [2.05, 4.69) is 52.0 Å². The van der Waals surface area contributed by atoms with Crippen LogP contribution in [0.3, 0.4) is 0 Å². The summed E-state index contributed by atoms with van der Waals surface area (Å²) < 4.78 is 0. The molecule has 2 heterocycles. The van der Waals surface area contributed by atoms with Crippen molar-refractivity contribution in [2.24, 2.45) is 0 Å². The number of likely N-dealkylation sites (N-methyl/N-ethyl adjacent to an activating group) is 1. The number of carboxylic acid groups (broad SMARTS) is 2. The molecule has 3 rings (SSSR count). The standard InChI is InChI=1S/C15H19N3.C2H2O4/c1-2-17-9-11-18(12-10-17)15-14-6-4-3-5-13(14)7-8-16-15;3-1(4)2(5)6/h3-8H,2,9-12H2,1H3;(H,3,4)(H,5,6). The van der Waals surface area contributed by atoms with Crippen molar-refractivity contribution in [3.05, 3.63) is 36.5 Å². The molecule has 1 aliphatic heterocycles. The van der Waals surface area contributed by atoms with Gasteiger partial charge >= 0.3 is 11.9 Å². The maximum Gasteiger partial charge on any atom is 0.414 e. The van der Waals surface area contributed by atoms with Gasteiger partial charge in [-0.2, -0.15) is 0 Å². The highest BCUT2D eigenvalue weighted by molar-refractivity contribution is 6.27. The monoisotopic (exact) mass is 331 g/mol. The summed E-state index contributed by atoms with van der Waals surface area (Å²) in [5.41, 5.74) is 0. The molecule has 1 aromatic carbocycles. The fraction of sp³-hybridized carbons (Fsp3) is 0.353. The van der Waals surface area contributed by atoms with Crippen LogP contribution in [-0.2, 0) is 9.59 Å². The van der Waals surface area contributed by atoms with Crippen LogP contribution in [0, 0.1) is 0 Å². The maximum absolute atomic E-state index is 9.10. The largest absolute Gasteiger partial charge is 0.473 e. The van der Waals surface area contributed by atoms with Crippen LogP contribution in [0.1, 0.15) is 6.92 Å². The summed E-state index contributed by atoms with van der Waals surface area (Å²) in [6.07, 6.45) is 1.92. The summed E-state index contributed by atoms with van der Waals surface area (Å²) in [4.78, 5) is 27.7. The lowest BCUT2D eigenvalue weighted by atomic mass is 10.1. The molecule has 2 aromatic rings. The highest BCUT2D eigenvalue weighted by atomic mass is 16.4. The van der Waals surface area contributed by atoms with E-state index in [-0.39, 0.29) is 0 Å². The fourth-order valence-corrected chi connectivity index (χ4v) is 2.63. The quantitative estimate of drug-likeness (QED) is 0.806. The van der Waals surface area contributed by atoms with E-state index in [4.69, 9.17) is 19.8 Å². The number of piperazine rings is 1. The third-order valence-electron chi connectivity index (χ3n) is 3.95. The Morgan fingerprint density at radius 3 is 2.25 bits per heavy atom. The van der Waals surface area contributed by atoms with E-state index in [1.54, 1.807) is 0 Å². The summed E-state index contributed by atoms with van der Waals surface area (Å²) >= 11 is 0. The Hall–Kier alpha value is -2.67. The van der Waals surface area contributed by atoms with E-state index in [0.717, 1.165) is 38.5 Å². The van der Waals surface area contributed by atoms with Gasteiger partial charge < -0.3 is 20.0 Å². The Morgan fingerprint density at radius 2 is 1.67 bits per heavy atom. The van der Waals surface area contributed by atoms with Crippen molar-refractivity contribution < 1.29 is 19.8 Å². The fourth-order valence-electron chi connectivity index (χ4n) is 2.63. The molecule has 24 heavy (non-hydrogen) atoms. The third kappa shape index (κ3) is 4.42. The zero-order valence-electron chi connectivity index (χ0n) is 13.6. The molecule has 1 aliphatic rings. The summed E-state index contributed by atoms with van der Waals surface area (Å²) in [7, 11) is 0. The first-order valence-electron chi connectivity index (χ1n) is 7.80. The van der Waals surface area contributed by atoms with Crippen LogP contribution in [-0.4, -0.2) is 64.8 Å². The van der Waals surface area contributed by atoms with Gasteiger partial charge in [-0.05, 0) is 18.0 Å². The first-order chi connectivity index (χ1) is 11.5. The molecule has 1 fully saturated rings. The second-order valence-electron chi connectivity index (χ2n) is 5.39. The Balaban J connectivity index is 0.000000301. The minimum atomic E-state index is -1.82. The van der Waals surface area contributed by atoms with E-state index in [1.807, 2.05) is 6.20 Å². The van der Waals surface area contributed by atoms with E-state index >= 15 is 0 Å². The predicted octanol–water partition coefficient (Wildman–Crippen LogP) is 1.53. The van der Waals surface area contributed by atoms with Gasteiger partial charge in [-0.25, -0.2) is 14.6 Å². The van der Waals surface area contributed by atoms with Gasteiger partial charge in [-0.1, -0.05) is 31.2 Å². The van der Waals surface area contributed by atoms with Crippen LogP contribution in [0.4, 0.5) is 5.82 Å². The molecule has 0 bridgehead atoms. The van der Waals surface area contributed by atoms with Crippen molar-refractivity contribution in [3.8, 4) is 0 Å². The number of hydrogen-bond acceptors (Lipinski definition) is 5. The number of rotatable bonds is 2. The van der Waals surface area contributed by atoms with Crippen LogP contribution in [0.25, 0.3) is 10.8 Å². The van der Waals surface area contributed by atoms with Crippen molar-refractivity contribution in [1.29, 1.82) is 0 Å². The molecule has 0 saturated carbocycles. The summed E-state index contributed by atoms with van der Waals surface area (Å²) in [5, 5.41) is 17.3. The zero-order chi connectivity index (χ0) is 17.5. The molecule has 0 aliphatic carbocycles. The number of pyridine rings is 1. The molecule has 0 amide bonds. The van der Waals surface area contributed by atoms with Crippen molar-refractivity contribution in [2.45, 2.75) is 6.92 Å². The average Bonchev–Trinajstić information content (AvgIpc) is 2.62. The lowest BCUT2D eigenvalue weighted by Crippen LogP contribution is -2.46. The number of anilines is 1. The summed E-state index contributed by atoms with van der Waals surface area (Å²) in [6, 6.07) is 10.6. The van der Waals surface area contributed by atoms with E-state index in [1.165, 1.54) is 10.8 Å². The number of hydrogen-bond donors (Lipinski definition) is 2. The Kier molecular flexibility index (Phi) is 6.08.